The zero-order valence-corrected chi connectivity index (χ0v) is 13.6. The van der Waals surface area contributed by atoms with E-state index in [0.717, 1.165) is 11.3 Å². The molecule has 0 saturated heterocycles. The van der Waals surface area contributed by atoms with Crippen LogP contribution in [0.5, 0.6) is 0 Å². The summed E-state index contributed by atoms with van der Waals surface area (Å²) < 4.78 is 0. The number of anilines is 1. The summed E-state index contributed by atoms with van der Waals surface area (Å²) in [5.41, 5.74) is 2.09. The van der Waals surface area contributed by atoms with Crippen LogP contribution in [-0.4, -0.2) is 17.4 Å². The first-order chi connectivity index (χ1) is 11.1. The van der Waals surface area contributed by atoms with E-state index in [1.165, 1.54) is 0 Å². The van der Waals surface area contributed by atoms with E-state index < -0.39 is 5.66 Å². The van der Waals surface area contributed by atoms with E-state index in [2.05, 4.69) is 37.9 Å². The van der Waals surface area contributed by atoms with Crippen LogP contribution in [0.4, 0.5) is 5.69 Å². The molecule has 1 unspecified atom stereocenters. The third-order valence-electron chi connectivity index (χ3n) is 4.51. The first-order valence-corrected chi connectivity index (χ1v) is 7.97. The summed E-state index contributed by atoms with van der Waals surface area (Å²) in [5.74, 6) is 0.221. The van der Waals surface area contributed by atoms with Crippen molar-refractivity contribution in [3.05, 3.63) is 78.4 Å². The molecule has 0 aliphatic carbocycles. The van der Waals surface area contributed by atoms with E-state index in [-0.39, 0.29) is 11.8 Å². The summed E-state index contributed by atoms with van der Waals surface area (Å²) in [6, 6.07) is 17.9. The molecule has 0 aromatic heterocycles. The number of hydrogen-bond acceptors (Lipinski definition) is 2. The lowest BCUT2D eigenvalue weighted by Crippen LogP contribution is -2.60. The second-order valence-corrected chi connectivity index (χ2v) is 6.16. The number of fused-ring (bicyclic) bond motifs is 1. The molecule has 1 heterocycles. The van der Waals surface area contributed by atoms with Crippen molar-refractivity contribution in [3.8, 4) is 0 Å². The van der Waals surface area contributed by atoms with Gasteiger partial charge in [0.05, 0.1) is 5.56 Å². The molecular weight excluding hydrogens is 284 g/mol. The third-order valence-corrected chi connectivity index (χ3v) is 4.51. The summed E-state index contributed by atoms with van der Waals surface area (Å²) >= 11 is 0. The highest BCUT2D eigenvalue weighted by molar-refractivity contribution is 6.02. The molecular formula is C20H22N2O. The number of carbonyl (C=O) groups excluding carboxylic acids is 1. The van der Waals surface area contributed by atoms with Crippen molar-refractivity contribution in [1.82, 2.24) is 4.90 Å². The molecule has 118 valence electrons. The molecule has 0 saturated carbocycles. The fourth-order valence-electron chi connectivity index (χ4n) is 3.42. The lowest BCUT2D eigenvalue weighted by atomic mass is 9.83. The molecule has 3 rings (SSSR count). The highest BCUT2D eigenvalue weighted by atomic mass is 16.2. The third kappa shape index (κ3) is 2.33. The highest BCUT2D eigenvalue weighted by Gasteiger charge is 2.47. The maximum Gasteiger partial charge on any atom is 0.258 e. The maximum atomic E-state index is 13.1. The first-order valence-electron chi connectivity index (χ1n) is 7.97. The summed E-state index contributed by atoms with van der Waals surface area (Å²) in [7, 11) is 0. The highest BCUT2D eigenvalue weighted by Crippen LogP contribution is 2.42. The molecule has 2 aromatic rings. The van der Waals surface area contributed by atoms with Gasteiger partial charge in [-0.15, -0.1) is 6.58 Å². The molecule has 0 radical (unpaired) electrons. The number of nitrogens with zero attached hydrogens (tertiary/aromatic N) is 1. The molecule has 3 heteroatoms. The van der Waals surface area contributed by atoms with Crippen LogP contribution in [0.25, 0.3) is 0 Å². The minimum atomic E-state index is -0.582. The Morgan fingerprint density at radius 3 is 2.43 bits per heavy atom. The summed E-state index contributed by atoms with van der Waals surface area (Å²) in [6.07, 6.45) is 1.79. The Hall–Kier alpha value is -2.55. The maximum absolute atomic E-state index is 13.1. The number of rotatable bonds is 4. The molecule has 1 N–H and O–H groups in total. The lowest BCUT2D eigenvalue weighted by Gasteiger charge is -2.51. The first kappa shape index (κ1) is 15.3. The van der Waals surface area contributed by atoms with Gasteiger partial charge in [-0.1, -0.05) is 62.4 Å². The normalized spacial score (nSPS) is 20.1. The predicted molar refractivity (Wildman–Crippen MR) is 94.3 cm³/mol. The van der Waals surface area contributed by atoms with Gasteiger partial charge < -0.3 is 10.2 Å². The van der Waals surface area contributed by atoms with Gasteiger partial charge in [0.15, 0.2) is 0 Å². The number of amides is 1. The van der Waals surface area contributed by atoms with Crippen molar-refractivity contribution in [3.63, 3.8) is 0 Å². The minimum Gasteiger partial charge on any atom is -0.358 e. The quantitative estimate of drug-likeness (QED) is 0.857. The van der Waals surface area contributed by atoms with Crippen LogP contribution in [0.2, 0.25) is 0 Å². The van der Waals surface area contributed by atoms with Crippen LogP contribution in [0.1, 0.15) is 29.8 Å². The molecule has 0 bridgehead atoms. The van der Waals surface area contributed by atoms with Crippen molar-refractivity contribution in [2.24, 2.45) is 5.92 Å². The Bertz CT molecular complexity index is 723. The van der Waals surface area contributed by atoms with Crippen LogP contribution in [-0.2, 0) is 5.66 Å². The largest absolute Gasteiger partial charge is 0.358 e. The SMILES string of the molecule is C=CCN1C(=O)c2ccccc2NC1(c1ccccc1)C(C)C. The summed E-state index contributed by atoms with van der Waals surface area (Å²) in [4.78, 5) is 15.0. The second kappa shape index (κ2) is 5.92. The zero-order valence-electron chi connectivity index (χ0n) is 13.6. The molecule has 23 heavy (non-hydrogen) atoms. The number of benzene rings is 2. The fraction of sp³-hybridized carbons (Fsp3) is 0.250. The topological polar surface area (TPSA) is 32.3 Å². The second-order valence-electron chi connectivity index (χ2n) is 6.16. The average molecular weight is 306 g/mol. The average Bonchev–Trinajstić information content (AvgIpc) is 2.58. The van der Waals surface area contributed by atoms with Gasteiger partial charge in [0, 0.05) is 12.2 Å². The van der Waals surface area contributed by atoms with Gasteiger partial charge in [-0.3, -0.25) is 4.79 Å². The van der Waals surface area contributed by atoms with E-state index >= 15 is 0 Å². The summed E-state index contributed by atoms with van der Waals surface area (Å²) in [5, 5.41) is 3.65. The number of hydrogen-bond donors (Lipinski definition) is 1. The summed E-state index contributed by atoms with van der Waals surface area (Å²) in [6.45, 7) is 8.61. The molecule has 2 aromatic carbocycles. The van der Waals surface area contributed by atoms with Gasteiger partial charge in [-0.25, -0.2) is 0 Å². The van der Waals surface area contributed by atoms with Crippen molar-refractivity contribution < 1.29 is 4.79 Å². The van der Waals surface area contributed by atoms with Crippen molar-refractivity contribution in [2.45, 2.75) is 19.5 Å². The van der Waals surface area contributed by atoms with Crippen LogP contribution in [0, 0.1) is 5.92 Å². The molecule has 0 spiro atoms. The van der Waals surface area contributed by atoms with Crippen molar-refractivity contribution in [2.75, 3.05) is 11.9 Å². The molecule has 1 aliphatic heterocycles. The van der Waals surface area contributed by atoms with Gasteiger partial charge in [0.25, 0.3) is 5.91 Å². The van der Waals surface area contributed by atoms with Crippen LogP contribution < -0.4 is 5.32 Å². The lowest BCUT2D eigenvalue weighted by molar-refractivity contribution is 0.0406. The van der Waals surface area contributed by atoms with E-state index in [0.29, 0.717) is 12.1 Å². The number of nitrogens with one attached hydrogen (secondary N) is 1. The molecule has 1 atom stereocenters. The standard InChI is InChI=1S/C20H22N2O/c1-4-14-22-19(23)17-12-8-9-13-18(17)21-20(22,15(2)3)16-10-6-5-7-11-16/h4-13,15,21H,1,14H2,2-3H3. The fourth-order valence-corrected chi connectivity index (χ4v) is 3.42. The van der Waals surface area contributed by atoms with Crippen LogP contribution >= 0.6 is 0 Å². The van der Waals surface area contributed by atoms with E-state index in [9.17, 15) is 4.79 Å². The van der Waals surface area contributed by atoms with E-state index in [1.54, 1.807) is 6.08 Å². The Labute approximate surface area is 137 Å². The Balaban J connectivity index is 2.24. The smallest absolute Gasteiger partial charge is 0.258 e. The van der Waals surface area contributed by atoms with Crippen LogP contribution in [0.15, 0.2) is 67.3 Å². The molecule has 3 nitrogen and oxygen atoms in total. The number of para-hydroxylation sites is 1. The van der Waals surface area contributed by atoms with Crippen molar-refractivity contribution >= 4 is 11.6 Å². The van der Waals surface area contributed by atoms with Gasteiger partial charge in [-0.2, -0.15) is 0 Å². The zero-order chi connectivity index (χ0) is 16.4. The minimum absolute atomic E-state index is 0.0387. The van der Waals surface area contributed by atoms with Gasteiger partial charge in [-0.05, 0) is 23.6 Å². The molecule has 1 amide bonds. The van der Waals surface area contributed by atoms with Crippen molar-refractivity contribution in [1.29, 1.82) is 0 Å². The van der Waals surface area contributed by atoms with Crippen LogP contribution in [0.3, 0.4) is 0 Å². The van der Waals surface area contributed by atoms with Gasteiger partial charge >= 0.3 is 0 Å². The Morgan fingerprint density at radius 1 is 1.13 bits per heavy atom. The van der Waals surface area contributed by atoms with E-state index in [4.69, 9.17) is 0 Å². The van der Waals surface area contributed by atoms with Gasteiger partial charge in [0.2, 0.25) is 0 Å². The van der Waals surface area contributed by atoms with Gasteiger partial charge in [0.1, 0.15) is 5.66 Å². The number of carbonyl (C=O) groups is 1. The Kier molecular flexibility index (Phi) is 3.95. The monoisotopic (exact) mass is 306 g/mol. The predicted octanol–water partition coefficient (Wildman–Crippen LogP) is 4.25. The molecule has 1 aliphatic rings. The molecule has 0 fully saturated rings. The Morgan fingerprint density at radius 2 is 1.78 bits per heavy atom. The van der Waals surface area contributed by atoms with E-state index in [1.807, 2.05) is 47.4 Å².